The number of benzene rings is 1. The van der Waals surface area contributed by atoms with Crippen molar-refractivity contribution in [3.8, 4) is 11.8 Å². The van der Waals surface area contributed by atoms with Crippen LogP contribution in [-0.4, -0.2) is 12.8 Å². The molecule has 2 heteroatoms. The van der Waals surface area contributed by atoms with Crippen molar-refractivity contribution in [3.05, 3.63) is 35.4 Å². The Hall–Kier alpha value is -0.910. The molecule has 2 N–H and O–H groups in total. The summed E-state index contributed by atoms with van der Waals surface area (Å²) < 4.78 is 0. The lowest BCUT2D eigenvalue weighted by molar-refractivity contribution is 1.30. The summed E-state index contributed by atoms with van der Waals surface area (Å²) in [5, 5.41) is 0. The molecule has 68 valence electrons. The summed E-state index contributed by atoms with van der Waals surface area (Å²) in [6.45, 7) is 0.424. The summed E-state index contributed by atoms with van der Waals surface area (Å²) in [6.07, 6.45) is 2.09. The van der Waals surface area contributed by atoms with Crippen molar-refractivity contribution in [1.29, 1.82) is 0 Å². The molecule has 0 spiro atoms. The maximum atomic E-state index is 5.32. The molecule has 0 bridgehead atoms. The fraction of sp³-hybridized carbons (Fsp3) is 0.273. The van der Waals surface area contributed by atoms with Crippen molar-refractivity contribution in [2.24, 2.45) is 5.73 Å². The second kappa shape index (κ2) is 5.69. The third-order valence-electron chi connectivity index (χ3n) is 1.64. The number of hydrogen-bond donors (Lipinski definition) is 1. The Balaban J connectivity index is 2.90. The summed E-state index contributed by atoms with van der Waals surface area (Å²) in [5.41, 5.74) is 7.71. The second-order valence-electron chi connectivity index (χ2n) is 2.60. The highest BCUT2D eigenvalue weighted by molar-refractivity contribution is 7.97. The number of hydrogen-bond acceptors (Lipinski definition) is 2. The van der Waals surface area contributed by atoms with E-state index >= 15 is 0 Å². The van der Waals surface area contributed by atoms with E-state index in [1.165, 1.54) is 5.56 Å². The minimum absolute atomic E-state index is 0.424. The van der Waals surface area contributed by atoms with E-state index in [-0.39, 0.29) is 0 Å². The third kappa shape index (κ3) is 3.14. The van der Waals surface area contributed by atoms with Gasteiger partial charge in [-0.2, -0.15) is 11.8 Å². The Morgan fingerprint density at radius 3 is 2.85 bits per heavy atom. The molecule has 0 atom stereocenters. The molecule has 1 nitrogen and oxygen atoms in total. The summed E-state index contributed by atoms with van der Waals surface area (Å²) in [4.78, 5) is 0. The first-order valence-electron chi connectivity index (χ1n) is 4.14. The van der Waals surface area contributed by atoms with Gasteiger partial charge in [-0.3, -0.25) is 0 Å². The molecule has 1 aromatic rings. The summed E-state index contributed by atoms with van der Waals surface area (Å²) in [5.74, 6) is 6.95. The number of thioether (sulfide) groups is 1. The van der Waals surface area contributed by atoms with Gasteiger partial charge in [-0.15, -0.1) is 0 Å². The molecule has 0 aromatic heterocycles. The number of rotatable bonds is 2. The Morgan fingerprint density at radius 1 is 1.38 bits per heavy atom. The third-order valence-corrected chi connectivity index (χ3v) is 2.24. The molecule has 0 fully saturated rings. The predicted molar refractivity (Wildman–Crippen MR) is 59.6 cm³/mol. The Kier molecular flexibility index (Phi) is 4.45. The van der Waals surface area contributed by atoms with Crippen LogP contribution in [0.15, 0.2) is 24.3 Å². The average molecular weight is 191 g/mol. The quantitative estimate of drug-likeness (QED) is 0.722. The van der Waals surface area contributed by atoms with E-state index < -0.39 is 0 Å². The molecular weight excluding hydrogens is 178 g/mol. The fourth-order valence-electron chi connectivity index (χ4n) is 1.07. The molecule has 0 saturated carbocycles. The van der Waals surface area contributed by atoms with Crippen LogP contribution in [0.25, 0.3) is 0 Å². The van der Waals surface area contributed by atoms with Gasteiger partial charge in [0.15, 0.2) is 0 Å². The van der Waals surface area contributed by atoms with Crippen LogP contribution in [0.2, 0.25) is 0 Å². The molecule has 0 radical (unpaired) electrons. The molecule has 0 aliphatic rings. The highest BCUT2D eigenvalue weighted by Crippen LogP contribution is 2.13. The molecule has 1 rings (SSSR count). The fourth-order valence-corrected chi connectivity index (χ4v) is 1.63. The van der Waals surface area contributed by atoms with Crippen molar-refractivity contribution in [2.75, 3.05) is 12.8 Å². The summed E-state index contributed by atoms with van der Waals surface area (Å²) in [7, 11) is 0. The maximum Gasteiger partial charge on any atom is 0.0555 e. The minimum atomic E-state index is 0.424. The standard InChI is InChI=1S/C11H13NS/c1-13-9-11-6-3-2-5-10(11)7-4-8-12/h2-3,5-6H,8-9,12H2,1H3. The van der Waals surface area contributed by atoms with Gasteiger partial charge in [0.1, 0.15) is 0 Å². The monoisotopic (exact) mass is 191 g/mol. The van der Waals surface area contributed by atoms with E-state index in [1.54, 1.807) is 11.8 Å². The lowest BCUT2D eigenvalue weighted by Gasteiger charge is -2.00. The Labute approximate surface area is 83.7 Å². The SMILES string of the molecule is CSCc1ccccc1C#CCN. The van der Waals surface area contributed by atoms with Gasteiger partial charge in [-0.05, 0) is 17.9 Å². The van der Waals surface area contributed by atoms with Gasteiger partial charge >= 0.3 is 0 Å². The van der Waals surface area contributed by atoms with Gasteiger partial charge in [-0.25, -0.2) is 0 Å². The highest BCUT2D eigenvalue weighted by Gasteiger charge is 1.96. The highest BCUT2D eigenvalue weighted by atomic mass is 32.2. The van der Waals surface area contributed by atoms with Crippen molar-refractivity contribution in [1.82, 2.24) is 0 Å². The van der Waals surface area contributed by atoms with Crippen LogP contribution in [-0.2, 0) is 5.75 Å². The molecular formula is C11H13NS. The van der Waals surface area contributed by atoms with E-state index in [0.717, 1.165) is 11.3 Å². The van der Waals surface area contributed by atoms with Crippen molar-refractivity contribution >= 4 is 11.8 Å². The lowest BCUT2D eigenvalue weighted by atomic mass is 10.1. The van der Waals surface area contributed by atoms with Crippen LogP contribution in [0.4, 0.5) is 0 Å². The minimum Gasteiger partial charge on any atom is -0.320 e. The van der Waals surface area contributed by atoms with Gasteiger partial charge in [0.2, 0.25) is 0 Å². The van der Waals surface area contributed by atoms with Gasteiger partial charge in [-0.1, -0.05) is 30.0 Å². The molecule has 0 unspecified atom stereocenters. The molecule has 0 saturated heterocycles. The van der Waals surface area contributed by atoms with E-state index in [0.29, 0.717) is 6.54 Å². The van der Waals surface area contributed by atoms with E-state index in [4.69, 9.17) is 5.73 Å². The Bertz CT molecular complexity index is 322. The van der Waals surface area contributed by atoms with Crippen molar-refractivity contribution in [2.45, 2.75) is 5.75 Å². The van der Waals surface area contributed by atoms with Crippen LogP contribution in [0.5, 0.6) is 0 Å². The van der Waals surface area contributed by atoms with Gasteiger partial charge in [0.25, 0.3) is 0 Å². The van der Waals surface area contributed by atoms with Crippen molar-refractivity contribution < 1.29 is 0 Å². The zero-order valence-electron chi connectivity index (χ0n) is 7.71. The second-order valence-corrected chi connectivity index (χ2v) is 3.46. The number of nitrogens with two attached hydrogens (primary N) is 1. The topological polar surface area (TPSA) is 26.0 Å². The normalized spacial score (nSPS) is 9.08. The van der Waals surface area contributed by atoms with Crippen LogP contribution in [0.3, 0.4) is 0 Å². The van der Waals surface area contributed by atoms with Gasteiger partial charge in [0, 0.05) is 11.3 Å². The smallest absolute Gasteiger partial charge is 0.0555 e. The van der Waals surface area contributed by atoms with Gasteiger partial charge in [0.05, 0.1) is 6.54 Å². The molecule has 0 heterocycles. The van der Waals surface area contributed by atoms with E-state index in [1.807, 2.05) is 18.2 Å². The largest absolute Gasteiger partial charge is 0.320 e. The molecule has 13 heavy (non-hydrogen) atoms. The molecule has 0 aliphatic carbocycles. The maximum absolute atomic E-state index is 5.32. The first-order chi connectivity index (χ1) is 6.38. The van der Waals surface area contributed by atoms with Crippen LogP contribution in [0, 0.1) is 11.8 Å². The summed E-state index contributed by atoms with van der Waals surface area (Å²) in [6, 6.07) is 8.19. The average Bonchev–Trinajstić information content (AvgIpc) is 2.17. The first-order valence-corrected chi connectivity index (χ1v) is 5.53. The molecule has 0 amide bonds. The van der Waals surface area contributed by atoms with Gasteiger partial charge < -0.3 is 5.73 Å². The van der Waals surface area contributed by atoms with E-state index in [2.05, 4.69) is 24.2 Å². The van der Waals surface area contributed by atoms with Crippen molar-refractivity contribution in [3.63, 3.8) is 0 Å². The predicted octanol–water partition coefficient (Wildman–Crippen LogP) is 1.86. The van der Waals surface area contributed by atoms with Crippen LogP contribution in [0.1, 0.15) is 11.1 Å². The first kappa shape index (κ1) is 10.2. The Morgan fingerprint density at radius 2 is 2.15 bits per heavy atom. The molecule has 0 aliphatic heterocycles. The zero-order valence-corrected chi connectivity index (χ0v) is 8.53. The van der Waals surface area contributed by atoms with Crippen LogP contribution < -0.4 is 5.73 Å². The lowest BCUT2D eigenvalue weighted by Crippen LogP contribution is -1.94. The van der Waals surface area contributed by atoms with Crippen LogP contribution >= 0.6 is 11.8 Å². The zero-order chi connectivity index (χ0) is 9.52. The molecule has 1 aromatic carbocycles. The summed E-state index contributed by atoms with van der Waals surface area (Å²) >= 11 is 1.80. The van der Waals surface area contributed by atoms with E-state index in [9.17, 15) is 0 Å².